The highest BCUT2D eigenvalue weighted by Crippen LogP contribution is 2.31. The van der Waals surface area contributed by atoms with Crippen LogP contribution in [-0.2, 0) is 0 Å². The van der Waals surface area contributed by atoms with Crippen molar-refractivity contribution in [2.24, 2.45) is 4.99 Å². The largest absolute Gasteiger partial charge is 0.496 e. The monoisotopic (exact) mass is 393 g/mol. The molecule has 0 aliphatic carbocycles. The molecule has 0 saturated heterocycles. The van der Waals surface area contributed by atoms with Gasteiger partial charge in [-0.25, -0.2) is 0 Å². The lowest BCUT2D eigenvalue weighted by atomic mass is 9.90. The predicted molar refractivity (Wildman–Crippen MR) is 125 cm³/mol. The zero-order chi connectivity index (χ0) is 22.0. The van der Waals surface area contributed by atoms with Crippen LogP contribution in [0.15, 0.2) is 59.2 Å². The number of aliphatic imine (C=N–C) groups is 1. The molecule has 0 radical (unpaired) electrons. The van der Waals surface area contributed by atoms with Gasteiger partial charge >= 0.3 is 0 Å². The van der Waals surface area contributed by atoms with E-state index in [2.05, 4.69) is 18.8 Å². The van der Waals surface area contributed by atoms with Gasteiger partial charge in [0.05, 0.1) is 7.11 Å². The van der Waals surface area contributed by atoms with Gasteiger partial charge in [-0.3, -0.25) is 9.79 Å². The lowest BCUT2D eigenvalue weighted by Crippen LogP contribution is -2.06. The molecule has 29 heavy (non-hydrogen) atoms. The SMILES string of the molecule is CC.CCC(C)c1cc(C(=O)/C(C)=C/N=C(C)c2ccccc2)cc(OC)c1C. The molecule has 3 heteroatoms. The van der Waals surface area contributed by atoms with Crippen LogP contribution < -0.4 is 4.74 Å². The Kier molecular flexibility index (Phi) is 10.1. The third kappa shape index (κ3) is 6.42. The highest BCUT2D eigenvalue weighted by Gasteiger charge is 2.17. The van der Waals surface area contributed by atoms with E-state index in [1.807, 2.05) is 70.2 Å². The normalized spacial score (nSPS) is 12.7. The topological polar surface area (TPSA) is 38.7 Å². The second-order valence-corrected chi connectivity index (χ2v) is 6.92. The number of benzene rings is 2. The van der Waals surface area contributed by atoms with E-state index in [4.69, 9.17) is 4.74 Å². The zero-order valence-corrected chi connectivity index (χ0v) is 19.2. The van der Waals surface area contributed by atoms with E-state index in [-0.39, 0.29) is 5.78 Å². The number of hydrogen-bond donors (Lipinski definition) is 0. The van der Waals surface area contributed by atoms with Crippen molar-refractivity contribution in [2.75, 3.05) is 7.11 Å². The second-order valence-electron chi connectivity index (χ2n) is 6.92. The van der Waals surface area contributed by atoms with Crippen molar-refractivity contribution in [3.63, 3.8) is 0 Å². The van der Waals surface area contributed by atoms with Crippen LogP contribution in [-0.4, -0.2) is 18.6 Å². The van der Waals surface area contributed by atoms with E-state index < -0.39 is 0 Å². The fourth-order valence-corrected chi connectivity index (χ4v) is 3.02. The van der Waals surface area contributed by atoms with E-state index in [1.54, 1.807) is 20.2 Å². The summed E-state index contributed by atoms with van der Waals surface area (Å²) in [5.41, 5.74) is 5.44. The number of methoxy groups -OCH3 is 1. The maximum Gasteiger partial charge on any atom is 0.190 e. The number of ether oxygens (including phenoxy) is 1. The van der Waals surface area contributed by atoms with Gasteiger partial charge in [0.1, 0.15) is 5.75 Å². The van der Waals surface area contributed by atoms with Gasteiger partial charge < -0.3 is 4.74 Å². The summed E-state index contributed by atoms with van der Waals surface area (Å²) in [6.45, 7) is 14.1. The minimum Gasteiger partial charge on any atom is -0.496 e. The zero-order valence-electron chi connectivity index (χ0n) is 19.2. The third-order valence-electron chi connectivity index (χ3n) is 5.03. The Labute approximate surface area is 176 Å². The predicted octanol–water partition coefficient (Wildman–Crippen LogP) is 7.14. The molecule has 1 unspecified atom stereocenters. The average molecular weight is 394 g/mol. The highest BCUT2D eigenvalue weighted by molar-refractivity contribution is 6.09. The Morgan fingerprint density at radius 2 is 1.72 bits per heavy atom. The molecule has 0 heterocycles. The molecule has 0 saturated carbocycles. The van der Waals surface area contributed by atoms with Gasteiger partial charge in [-0.15, -0.1) is 0 Å². The maximum atomic E-state index is 12.9. The molecule has 0 amide bonds. The van der Waals surface area contributed by atoms with Crippen molar-refractivity contribution in [1.82, 2.24) is 0 Å². The van der Waals surface area contributed by atoms with E-state index in [0.717, 1.165) is 34.6 Å². The van der Waals surface area contributed by atoms with Crippen LogP contribution in [0.2, 0.25) is 0 Å². The highest BCUT2D eigenvalue weighted by atomic mass is 16.5. The van der Waals surface area contributed by atoms with E-state index in [9.17, 15) is 4.79 Å². The van der Waals surface area contributed by atoms with Crippen molar-refractivity contribution in [3.05, 3.63) is 76.5 Å². The molecule has 0 fully saturated rings. The Morgan fingerprint density at radius 3 is 2.28 bits per heavy atom. The summed E-state index contributed by atoms with van der Waals surface area (Å²) in [5, 5.41) is 0. The van der Waals surface area contributed by atoms with Crippen LogP contribution in [0.25, 0.3) is 0 Å². The van der Waals surface area contributed by atoms with Crippen LogP contribution in [0.5, 0.6) is 5.75 Å². The van der Waals surface area contributed by atoms with E-state index >= 15 is 0 Å². The van der Waals surface area contributed by atoms with Crippen LogP contribution >= 0.6 is 0 Å². The molecule has 2 rings (SSSR count). The summed E-state index contributed by atoms with van der Waals surface area (Å²) in [7, 11) is 1.65. The number of carbonyl (C=O) groups excluding carboxylic acids is 1. The Hall–Kier alpha value is -2.68. The van der Waals surface area contributed by atoms with Crippen molar-refractivity contribution in [2.45, 2.75) is 60.8 Å². The maximum absolute atomic E-state index is 12.9. The minimum atomic E-state index is -0.0255. The summed E-state index contributed by atoms with van der Waals surface area (Å²) in [5.74, 6) is 1.10. The summed E-state index contributed by atoms with van der Waals surface area (Å²) in [6.07, 6.45) is 2.66. The first-order valence-electron chi connectivity index (χ1n) is 10.4. The van der Waals surface area contributed by atoms with Gasteiger partial charge in [-0.2, -0.15) is 0 Å². The Bertz CT molecular complexity index is 864. The van der Waals surface area contributed by atoms with Crippen molar-refractivity contribution in [1.29, 1.82) is 0 Å². The molecule has 156 valence electrons. The summed E-state index contributed by atoms with van der Waals surface area (Å²) in [6, 6.07) is 13.8. The number of hydrogen-bond acceptors (Lipinski definition) is 3. The molecular weight excluding hydrogens is 358 g/mol. The van der Waals surface area contributed by atoms with E-state index in [0.29, 0.717) is 17.1 Å². The van der Waals surface area contributed by atoms with Gasteiger partial charge in [-0.05, 0) is 61.9 Å². The van der Waals surface area contributed by atoms with Gasteiger partial charge in [-0.1, -0.05) is 58.0 Å². The minimum absolute atomic E-state index is 0.0255. The van der Waals surface area contributed by atoms with Crippen molar-refractivity contribution < 1.29 is 9.53 Å². The first-order chi connectivity index (χ1) is 13.9. The molecule has 0 aliphatic rings. The summed E-state index contributed by atoms with van der Waals surface area (Å²) < 4.78 is 5.51. The molecule has 1 atom stereocenters. The van der Waals surface area contributed by atoms with Gasteiger partial charge in [0.15, 0.2) is 5.78 Å². The van der Waals surface area contributed by atoms with Crippen LogP contribution in [0.3, 0.4) is 0 Å². The number of carbonyl (C=O) groups is 1. The number of Topliss-reactive ketones (excluding diaryl/α,β-unsaturated/α-hetero) is 1. The standard InChI is InChI=1S/C24H29NO2.C2H6/c1-7-16(2)22-13-21(14-23(27-6)18(22)4)24(26)17(3)15-25-19(5)20-11-9-8-10-12-20;1-2/h8-16H,7H2,1-6H3;1-2H3/b17-15+,25-19?;. The summed E-state index contributed by atoms with van der Waals surface area (Å²) >= 11 is 0. The fourth-order valence-electron chi connectivity index (χ4n) is 3.02. The molecule has 2 aromatic carbocycles. The molecule has 0 N–H and O–H groups in total. The lowest BCUT2D eigenvalue weighted by molar-refractivity contribution is 0.103. The third-order valence-corrected chi connectivity index (χ3v) is 5.03. The Morgan fingerprint density at radius 1 is 1.10 bits per heavy atom. The molecule has 0 aromatic heterocycles. The van der Waals surface area contributed by atoms with Crippen LogP contribution in [0.1, 0.15) is 80.9 Å². The van der Waals surface area contributed by atoms with Crippen LogP contribution in [0, 0.1) is 6.92 Å². The van der Waals surface area contributed by atoms with Gasteiger partial charge in [0.2, 0.25) is 0 Å². The average Bonchev–Trinajstić information content (AvgIpc) is 2.78. The Balaban J connectivity index is 0.00000204. The van der Waals surface area contributed by atoms with Gasteiger partial charge in [0.25, 0.3) is 0 Å². The second kappa shape index (κ2) is 12.0. The number of ketones is 1. The van der Waals surface area contributed by atoms with E-state index in [1.165, 1.54) is 0 Å². The number of rotatable bonds is 7. The molecular formula is C26H35NO2. The number of nitrogens with zero attached hydrogens (tertiary/aromatic N) is 1. The quantitative estimate of drug-likeness (QED) is 0.285. The van der Waals surface area contributed by atoms with Gasteiger partial charge in [0, 0.05) is 23.0 Å². The first kappa shape index (κ1) is 24.4. The van der Waals surface area contributed by atoms with Crippen LogP contribution in [0.4, 0.5) is 0 Å². The molecule has 2 aromatic rings. The molecule has 0 aliphatic heterocycles. The molecule has 0 bridgehead atoms. The summed E-state index contributed by atoms with van der Waals surface area (Å²) in [4.78, 5) is 17.4. The first-order valence-corrected chi connectivity index (χ1v) is 10.4. The smallest absolute Gasteiger partial charge is 0.190 e. The number of allylic oxidation sites excluding steroid dienone is 1. The lowest BCUT2D eigenvalue weighted by Gasteiger charge is -2.17. The van der Waals surface area contributed by atoms with Crippen molar-refractivity contribution in [3.8, 4) is 5.75 Å². The van der Waals surface area contributed by atoms with Crippen molar-refractivity contribution >= 4 is 11.5 Å². The fraction of sp³-hybridized carbons (Fsp3) is 0.385. The molecule has 3 nitrogen and oxygen atoms in total. The molecule has 0 spiro atoms.